The lowest BCUT2D eigenvalue weighted by Gasteiger charge is -2.42. The molecule has 0 aliphatic carbocycles. The molecule has 2 rings (SSSR count). The van der Waals surface area contributed by atoms with Crippen molar-refractivity contribution in [3.8, 4) is 0 Å². The Balaban J connectivity index is 2.07. The van der Waals surface area contributed by atoms with Gasteiger partial charge in [-0.1, -0.05) is 19.1 Å². The van der Waals surface area contributed by atoms with Crippen molar-refractivity contribution in [1.82, 2.24) is 4.90 Å². The number of carbonyl (C=O) groups excluding carboxylic acids is 1. The molecule has 1 aliphatic rings. The van der Waals surface area contributed by atoms with Gasteiger partial charge in [-0.15, -0.1) is 0 Å². The van der Waals surface area contributed by atoms with Crippen molar-refractivity contribution in [2.24, 2.45) is 0 Å². The van der Waals surface area contributed by atoms with Crippen LogP contribution in [0.5, 0.6) is 0 Å². The summed E-state index contributed by atoms with van der Waals surface area (Å²) in [7, 11) is 0. The predicted molar refractivity (Wildman–Crippen MR) is 90.4 cm³/mol. The number of piperazine rings is 1. The van der Waals surface area contributed by atoms with Crippen LogP contribution in [0.3, 0.4) is 0 Å². The smallest absolute Gasteiger partial charge is 0.410 e. The maximum absolute atomic E-state index is 12.3. The minimum absolute atomic E-state index is 0.199. The molecule has 4 nitrogen and oxygen atoms in total. The maximum Gasteiger partial charge on any atom is 0.410 e. The summed E-state index contributed by atoms with van der Waals surface area (Å²) in [5.74, 6) is 0. The lowest BCUT2D eigenvalue weighted by molar-refractivity contribution is 0.0213. The van der Waals surface area contributed by atoms with E-state index >= 15 is 0 Å². The standard InChI is InChI=1S/C18H28N2O2/c1-6-15-13-19(17(21)22-18(3,4)5)10-11-20(15)16-9-7-8-14(2)12-16/h7-9,12,15H,6,10-11,13H2,1-5H3/t15-/m1/s1. The number of carbonyl (C=O) groups is 1. The molecule has 1 aromatic carbocycles. The fourth-order valence-electron chi connectivity index (χ4n) is 2.84. The molecule has 1 heterocycles. The summed E-state index contributed by atoms with van der Waals surface area (Å²) in [6, 6.07) is 8.91. The van der Waals surface area contributed by atoms with Gasteiger partial charge in [-0.3, -0.25) is 0 Å². The molecule has 4 heteroatoms. The predicted octanol–water partition coefficient (Wildman–Crippen LogP) is 3.83. The number of ether oxygens (including phenoxy) is 1. The highest BCUT2D eigenvalue weighted by Gasteiger charge is 2.31. The van der Waals surface area contributed by atoms with Gasteiger partial charge in [0.1, 0.15) is 5.60 Å². The van der Waals surface area contributed by atoms with Crippen molar-refractivity contribution in [2.75, 3.05) is 24.5 Å². The summed E-state index contributed by atoms with van der Waals surface area (Å²) in [5, 5.41) is 0. The highest BCUT2D eigenvalue weighted by atomic mass is 16.6. The Hall–Kier alpha value is -1.71. The summed E-state index contributed by atoms with van der Waals surface area (Å²) >= 11 is 0. The van der Waals surface area contributed by atoms with E-state index < -0.39 is 5.60 Å². The first-order chi connectivity index (χ1) is 10.3. The topological polar surface area (TPSA) is 32.8 Å². The van der Waals surface area contributed by atoms with E-state index in [9.17, 15) is 4.79 Å². The maximum atomic E-state index is 12.3. The Bertz CT molecular complexity index is 522. The van der Waals surface area contributed by atoms with E-state index in [-0.39, 0.29) is 6.09 Å². The van der Waals surface area contributed by atoms with Crippen molar-refractivity contribution < 1.29 is 9.53 Å². The number of benzene rings is 1. The second kappa shape index (κ2) is 6.59. The van der Waals surface area contributed by atoms with Gasteiger partial charge in [0.2, 0.25) is 0 Å². The molecule has 1 saturated heterocycles. The molecule has 0 N–H and O–H groups in total. The number of hydrogen-bond acceptors (Lipinski definition) is 3. The Kier molecular flexibility index (Phi) is 4.99. The van der Waals surface area contributed by atoms with Crippen molar-refractivity contribution in [2.45, 2.75) is 52.7 Å². The molecule has 0 radical (unpaired) electrons. The molecule has 0 saturated carbocycles. The molecule has 1 aromatic rings. The fraction of sp³-hybridized carbons (Fsp3) is 0.611. The van der Waals surface area contributed by atoms with Crippen LogP contribution in [0.1, 0.15) is 39.7 Å². The van der Waals surface area contributed by atoms with Crippen LogP contribution in [0.2, 0.25) is 0 Å². The van der Waals surface area contributed by atoms with E-state index in [1.165, 1.54) is 11.3 Å². The van der Waals surface area contributed by atoms with Crippen molar-refractivity contribution in [1.29, 1.82) is 0 Å². The first-order valence-corrected chi connectivity index (χ1v) is 8.11. The molecular formula is C18H28N2O2. The van der Waals surface area contributed by atoms with E-state index in [2.05, 4.69) is 43.0 Å². The van der Waals surface area contributed by atoms with Crippen molar-refractivity contribution >= 4 is 11.8 Å². The van der Waals surface area contributed by atoms with Crippen LogP contribution in [0.15, 0.2) is 24.3 Å². The van der Waals surface area contributed by atoms with Gasteiger partial charge < -0.3 is 14.5 Å². The first kappa shape index (κ1) is 16.7. The molecule has 1 fully saturated rings. The first-order valence-electron chi connectivity index (χ1n) is 8.11. The van der Waals surface area contributed by atoms with Crippen molar-refractivity contribution in [3.63, 3.8) is 0 Å². The third-order valence-electron chi connectivity index (χ3n) is 3.94. The summed E-state index contributed by atoms with van der Waals surface area (Å²) in [4.78, 5) is 16.5. The number of nitrogens with zero attached hydrogens (tertiary/aromatic N) is 2. The van der Waals surface area contributed by atoms with Gasteiger partial charge in [0.05, 0.1) is 0 Å². The number of aryl methyl sites for hydroxylation is 1. The zero-order chi connectivity index (χ0) is 16.3. The lowest BCUT2D eigenvalue weighted by Crippen LogP contribution is -2.55. The average molecular weight is 304 g/mol. The molecule has 0 aromatic heterocycles. The quantitative estimate of drug-likeness (QED) is 0.832. The molecular weight excluding hydrogens is 276 g/mol. The molecule has 122 valence electrons. The molecule has 22 heavy (non-hydrogen) atoms. The molecule has 0 spiro atoms. The summed E-state index contributed by atoms with van der Waals surface area (Å²) < 4.78 is 5.50. The SMILES string of the molecule is CC[C@@H]1CN(C(=O)OC(C)(C)C)CCN1c1cccc(C)c1. The third kappa shape index (κ3) is 4.15. The minimum atomic E-state index is -0.438. The van der Waals surface area contributed by atoms with Crippen molar-refractivity contribution in [3.05, 3.63) is 29.8 Å². The Labute approximate surface area is 134 Å². The number of anilines is 1. The number of hydrogen-bond donors (Lipinski definition) is 0. The van der Waals surface area contributed by atoms with Gasteiger partial charge in [0, 0.05) is 31.4 Å². The monoisotopic (exact) mass is 304 g/mol. The largest absolute Gasteiger partial charge is 0.444 e. The minimum Gasteiger partial charge on any atom is -0.444 e. The van der Waals surface area contributed by atoms with E-state index in [1.807, 2.05) is 25.7 Å². The van der Waals surface area contributed by atoms with Gasteiger partial charge in [0.15, 0.2) is 0 Å². The highest BCUT2D eigenvalue weighted by molar-refractivity contribution is 5.69. The van der Waals surface area contributed by atoms with Crippen LogP contribution in [0, 0.1) is 6.92 Å². The van der Waals surface area contributed by atoms with E-state index in [0.717, 1.165) is 19.5 Å². The van der Waals surface area contributed by atoms with Gasteiger partial charge >= 0.3 is 6.09 Å². The molecule has 1 amide bonds. The fourth-order valence-corrected chi connectivity index (χ4v) is 2.84. The van der Waals surface area contributed by atoms with Gasteiger partial charge in [-0.25, -0.2) is 4.79 Å². The molecule has 1 atom stereocenters. The van der Waals surface area contributed by atoms with E-state index in [1.54, 1.807) is 0 Å². The summed E-state index contributed by atoms with van der Waals surface area (Å²) in [6.07, 6.45) is 0.808. The van der Waals surface area contributed by atoms with Crippen LogP contribution in [-0.2, 0) is 4.74 Å². The second-order valence-corrected chi connectivity index (χ2v) is 7.02. The average Bonchev–Trinajstić information content (AvgIpc) is 2.44. The van der Waals surface area contributed by atoms with Crippen LogP contribution in [-0.4, -0.2) is 42.3 Å². The summed E-state index contributed by atoms with van der Waals surface area (Å²) in [5.41, 5.74) is 2.07. The highest BCUT2D eigenvalue weighted by Crippen LogP contribution is 2.24. The Morgan fingerprint density at radius 3 is 2.64 bits per heavy atom. The van der Waals surface area contributed by atoms with E-state index in [0.29, 0.717) is 12.6 Å². The van der Waals surface area contributed by atoms with Crippen LogP contribution in [0.4, 0.5) is 10.5 Å². The summed E-state index contributed by atoms with van der Waals surface area (Å²) in [6.45, 7) is 12.3. The van der Waals surface area contributed by atoms with E-state index in [4.69, 9.17) is 4.74 Å². The molecule has 0 bridgehead atoms. The van der Waals surface area contributed by atoms with Crippen LogP contribution in [0.25, 0.3) is 0 Å². The van der Waals surface area contributed by atoms with Gasteiger partial charge in [-0.2, -0.15) is 0 Å². The second-order valence-electron chi connectivity index (χ2n) is 7.02. The third-order valence-corrected chi connectivity index (χ3v) is 3.94. The zero-order valence-corrected chi connectivity index (χ0v) is 14.4. The lowest BCUT2D eigenvalue weighted by atomic mass is 10.1. The zero-order valence-electron chi connectivity index (χ0n) is 14.4. The van der Waals surface area contributed by atoms with Crippen LogP contribution < -0.4 is 4.90 Å². The van der Waals surface area contributed by atoms with Gasteiger partial charge in [0.25, 0.3) is 0 Å². The van der Waals surface area contributed by atoms with Gasteiger partial charge in [-0.05, 0) is 51.8 Å². The van der Waals surface area contributed by atoms with Crippen LogP contribution >= 0.6 is 0 Å². The normalized spacial score (nSPS) is 19.2. The Morgan fingerprint density at radius 2 is 2.05 bits per heavy atom. The Morgan fingerprint density at radius 1 is 1.32 bits per heavy atom. The number of amides is 1. The molecule has 0 unspecified atom stereocenters. The molecule has 1 aliphatic heterocycles. The number of rotatable bonds is 2.